The van der Waals surface area contributed by atoms with Gasteiger partial charge in [0.15, 0.2) is 15.6 Å². The number of amides is 1. The first-order valence-electron chi connectivity index (χ1n) is 13.6. The van der Waals surface area contributed by atoms with Crippen LogP contribution in [-0.2, 0) is 32.3 Å². The molecular weight excluding hydrogens is 522 g/mol. The Kier molecular flexibility index (Phi) is 10.4. The molecule has 1 amide bonds. The Labute approximate surface area is 237 Å². The van der Waals surface area contributed by atoms with Crippen molar-refractivity contribution < 1.29 is 18.0 Å². The summed E-state index contributed by atoms with van der Waals surface area (Å²) in [5.74, 6) is -0.667. The van der Waals surface area contributed by atoms with Gasteiger partial charge in [-0.25, -0.2) is 8.42 Å². The molecule has 3 aromatic carbocycles. The Balaban J connectivity index is 1.54. The fourth-order valence-electron chi connectivity index (χ4n) is 4.83. The van der Waals surface area contributed by atoms with Crippen LogP contribution in [0.1, 0.15) is 17.5 Å². The van der Waals surface area contributed by atoms with Gasteiger partial charge in [-0.05, 0) is 55.6 Å². The summed E-state index contributed by atoms with van der Waals surface area (Å²) < 4.78 is 25.5. The van der Waals surface area contributed by atoms with Gasteiger partial charge in [-0.3, -0.25) is 14.5 Å². The maximum Gasteiger partial charge on any atom is 0.238 e. The number of hydrogen-bond donors (Lipinski definition) is 1. The van der Waals surface area contributed by atoms with Crippen LogP contribution in [0, 0.1) is 0 Å². The van der Waals surface area contributed by atoms with Crippen LogP contribution in [0.4, 0.5) is 0 Å². The highest BCUT2D eigenvalue weighted by molar-refractivity contribution is 7.94. The fourth-order valence-corrected chi connectivity index (χ4v) is 5.84. The minimum atomic E-state index is -3.79. The molecule has 7 nitrogen and oxygen atoms in total. The number of sulfone groups is 1. The lowest BCUT2D eigenvalue weighted by atomic mass is 9.99. The van der Waals surface area contributed by atoms with E-state index in [0.717, 1.165) is 48.8 Å². The van der Waals surface area contributed by atoms with Crippen LogP contribution >= 0.6 is 0 Å². The SMILES string of the molecule is CN1CCN([C@@H](Cc2ccccc2)C(=O)N[C@@H](CCc2ccccc2)C(=O)/C=C/S(=O)(=O)c2ccccc2)CC1. The van der Waals surface area contributed by atoms with Crippen LogP contribution < -0.4 is 5.32 Å². The number of likely N-dealkylation sites (N-methyl/N-ethyl adjacent to an activating group) is 1. The standard InChI is InChI=1S/C32H37N3O4S/c1-34-20-22-35(23-21-34)30(25-27-13-7-3-8-14-27)32(37)33-29(18-17-26-11-5-2-6-12-26)31(36)19-24-40(38,39)28-15-9-4-10-16-28/h2-16,19,24,29-30H,17-18,20-23,25H2,1H3,(H,33,37)/b24-19+/t29-,30-/m0/s1. The van der Waals surface area contributed by atoms with Gasteiger partial charge in [-0.2, -0.15) is 0 Å². The van der Waals surface area contributed by atoms with Crippen molar-refractivity contribution in [2.45, 2.75) is 36.2 Å². The third-order valence-electron chi connectivity index (χ3n) is 7.26. The number of nitrogens with one attached hydrogen (secondary N) is 1. The second kappa shape index (κ2) is 14.2. The van der Waals surface area contributed by atoms with Crippen molar-refractivity contribution in [3.63, 3.8) is 0 Å². The van der Waals surface area contributed by atoms with Crippen LogP contribution in [0.3, 0.4) is 0 Å². The summed E-state index contributed by atoms with van der Waals surface area (Å²) in [5.41, 5.74) is 2.08. The maximum absolute atomic E-state index is 13.8. The van der Waals surface area contributed by atoms with Gasteiger partial charge in [0.1, 0.15) is 0 Å². The Morgan fingerprint density at radius 1 is 0.825 bits per heavy atom. The van der Waals surface area contributed by atoms with Gasteiger partial charge in [0.05, 0.1) is 17.0 Å². The number of rotatable bonds is 12. The smallest absolute Gasteiger partial charge is 0.238 e. The molecule has 1 N–H and O–H groups in total. The highest BCUT2D eigenvalue weighted by Crippen LogP contribution is 2.15. The molecule has 0 radical (unpaired) electrons. The van der Waals surface area contributed by atoms with Crippen molar-refractivity contribution in [3.05, 3.63) is 114 Å². The molecule has 40 heavy (non-hydrogen) atoms. The number of carbonyl (C=O) groups is 2. The fraction of sp³-hybridized carbons (Fsp3) is 0.312. The Hall–Kier alpha value is -3.59. The predicted octanol–water partition coefficient (Wildman–Crippen LogP) is 3.52. The topological polar surface area (TPSA) is 86.8 Å². The summed E-state index contributed by atoms with van der Waals surface area (Å²) in [6.45, 7) is 3.21. The van der Waals surface area contributed by atoms with Gasteiger partial charge >= 0.3 is 0 Å². The van der Waals surface area contributed by atoms with E-state index in [1.54, 1.807) is 18.2 Å². The third kappa shape index (κ3) is 8.45. The molecule has 8 heteroatoms. The van der Waals surface area contributed by atoms with E-state index in [0.29, 0.717) is 19.3 Å². The van der Waals surface area contributed by atoms with E-state index in [1.807, 2.05) is 60.7 Å². The average molecular weight is 560 g/mol. The monoisotopic (exact) mass is 559 g/mol. The normalized spacial score (nSPS) is 16.4. The van der Waals surface area contributed by atoms with Gasteiger partial charge in [0, 0.05) is 31.6 Å². The van der Waals surface area contributed by atoms with E-state index in [4.69, 9.17) is 0 Å². The minimum absolute atomic E-state index is 0.113. The van der Waals surface area contributed by atoms with Crippen LogP contribution in [0.15, 0.2) is 107 Å². The molecule has 0 bridgehead atoms. The van der Waals surface area contributed by atoms with Crippen molar-refractivity contribution in [2.24, 2.45) is 0 Å². The highest BCUT2D eigenvalue weighted by atomic mass is 32.2. The molecular formula is C32H37N3O4S. The number of carbonyl (C=O) groups excluding carboxylic acids is 2. The van der Waals surface area contributed by atoms with Gasteiger partial charge in [0.2, 0.25) is 5.91 Å². The molecule has 3 aromatic rings. The quantitative estimate of drug-likeness (QED) is 0.342. The van der Waals surface area contributed by atoms with Gasteiger partial charge < -0.3 is 10.2 Å². The number of aryl methyl sites for hydroxylation is 1. The largest absolute Gasteiger partial charge is 0.345 e. The van der Waals surface area contributed by atoms with Gasteiger partial charge in [-0.1, -0.05) is 78.9 Å². The number of ketones is 1. The molecule has 1 heterocycles. The van der Waals surface area contributed by atoms with Gasteiger partial charge in [-0.15, -0.1) is 0 Å². The van der Waals surface area contributed by atoms with E-state index in [2.05, 4.69) is 22.2 Å². The first kappa shape index (κ1) is 29.4. The zero-order valence-corrected chi connectivity index (χ0v) is 23.7. The summed E-state index contributed by atoms with van der Waals surface area (Å²) >= 11 is 0. The van der Waals surface area contributed by atoms with Crippen LogP contribution in [0.5, 0.6) is 0 Å². The molecule has 0 unspecified atom stereocenters. The Bertz CT molecular complexity index is 1370. The van der Waals surface area contributed by atoms with Crippen molar-refractivity contribution in [1.29, 1.82) is 0 Å². The summed E-state index contributed by atoms with van der Waals surface area (Å²) in [5, 5.41) is 3.94. The average Bonchev–Trinajstić information content (AvgIpc) is 2.99. The zero-order valence-electron chi connectivity index (χ0n) is 22.9. The lowest BCUT2D eigenvalue weighted by Crippen LogP contribution is -2.57. The summed E-state index contributed by atoms with van der Waals surface area (Å²) in [4.78, 5) is 31.7. The van der Waals surface area contributed by atoms with E-state index in [9.17, 15) is 18.0 Å². The highest BCUT2D eigenvalue weighted by Gasteiger charge is 2.31. The molecule has 0 spiro atoms. The number of piperazine rings is 1. The molecule has 0 aromatic heterocycles. The summed E-state index contributed by atoms with van der Waals surface area (Å²) in [6, 6.07) is 26.3. The van der Waals surface area contributed by atoms with E-state index < -0.39 is 27.7 Å². The predicted molar refractivity (Wildman–Crippen MR) is 157 cm³/mol. The zero-order chi connectivity index (χ0) is 28.4. The Morgan fingerprint density at radius 3 is 1.98 bits per heavy atom. The van der Waals surface area contributed by atoms with Crippen LogP contribution in [0.2, 0.25) is 0 Å². The second-order valence-corrected chi connectivity index (χ2v) is 12.0. The second-order valence-electron chi connectivity index (χ2n) is 10.2. The van der Waals surface area contributed by atoms with E-state index in [-0.39, 0.29) is 10.8 Å². The lowest BCUT2D eigenvalue weighted by molar-refractivity contribution is -0.130. The molecule has 1 aliphatic rings. The summed E-state index contributed by atoms with van der Waals surface area (Å²) in [7, 11) is -1.72. The summed E-state index contributed by atoms with van der Waals surface area (Å²) in [6.07, 6.45) is 2.52. The van der Waals surface area contributed by atoms with Crippen molar-refractivity contribution in [1.82, 2.24) is 15.1 Å². The van der Waals surface area contributed by atoms with Gasteiger partial charge in [0.25, 0.3) is 0 Å². The maximum atomic E-state index is 13.8. The first-order chi connectivity index (χ1) is 19.3. The minimum Gasteiger partial charge on any atom is -0.345 e. The molecule has 4 rings (SSSR count). The number of hydrogen-bond acceptors (Lipinski definition) is 6. The third-order valence-corrected chi connectivity index (χ3v) is 8.68. The van der Waals surface area contributed by atoms with E-state index >= 15 is 0 Å². The molecule has 210 valence electrons. The van der Waals surface area contributed by atoms with Crippen molar-refractivity contribution in [2.75, 3.05) is 33.2 Å². The lowest BCUT2D eigenvalue weighted by Gasteiger charge is -2.37. The van der Waals surface area contributed by atoms with Crippen molar-refractivity contribution >= 4 is 21.5 Å². The van der Waals surface area contributed by atoms with Crippen LogP contribution in [-0.4, -0.2) is 75.2 Å². The number of nitrogens with zero attached hydrogens (tertiary/aromatic N) is 2. The molecule has 0 saturated carbocycles. The molecule has 1 fully saturated rings. The molecule has 1 saturated heterocycles. The molecule has 1 aliphatic heterocycles. The van der Waals surface area contributed by atoms with E-state index in [1.165, 1.54) is 12.1 Å². The first-order valence-corrected chi connectivity index (χ1v) is 15.2. The van der Waals surface area contributed by atoms with Crippen molar-refractivity contribution in [3.8, 4) is 0 Å². The molecule has 2 atom stereocenters. The number of benzene rings is 3. The van der Waals surface area contributed by atoms with Crippen LogP contribution in [0.25, 0.3) is 0 Å². The molecule has 0 aliphatic carbocycles. The Morgan fingerprint density at radius 2 is 1.38 bits per heavy atom.